The van der Waals surface area contributed by atoms with Gasteiger partial charge in [0.05, 0.1) is 18.0 Å². The zero-order valence-corrected chi connectivity index (χ0v) is 12.2. The minimum Gasteiger partial charge on any atom is -0.251 e. The fourth-order valence-corrected chi connectivity index (χ4v) is 2.31. The second-order valence-electron chi connectivity index (χ2n) is 4.68. The van der Waals surface area contributed by atoms with Gasteiger partial charge in [-0.1, -0.05) is 25.4 Å². The maximum absolute atomic E-state index is 11.1. The van der Waals surface area contributed by atoms with E-state index in [1.165, 1.54) is 4.68 Å². The molecule has 1 aromatic rings. The molecule has 0 radical (unpaired) electrons. The van der Waals surface area contributed by atoms with Crippen molar-refractivity contribution in [2.75, 3.05) is 12.0 Å². The van der Waals surface area contributed by atoms with E-state index in [1.807, 2.05) is 19.9 Å². The van der Waals surface area contributed by atoms with Crippen LogP contribution >= 0.6 is 11.6 Å². The van der Waals surface area contributed by atoms with Crippen molar-refractivity contribution in [1.29, 1.82) is 5.26 Å². The number of hydrogen-bond acceptors (Lipinski definition) is 4. The number of hydrogen-bond donors (Lipinski definition) is 0. The lowest BCUT2D eigenvalue weighted by Crippen LogP contribution is -2.12. The summed E-state index contributed by atoms with van der Waals surface area (Å²) in [5.41, 5.74) is 0.977. The van der Waals surface area contributed by atoms with E-state index in [0.29, 0.717) is 23.6 Å². The van der Waals surface area contributed by atoms with Crippen LogP contribution in [0, 0.1) is 17.2 Å². The molecule has 1 heterocycles. The topological polar surface area (TPSA) is 75.8 Å². The first kappa shape index (κ1) is 15.0. The molecule has 100 valence electrons. The molecule has 0 aromatic carbocycles. The van der Waals surface area contributed by atoms with Crippen LogP contribution in [0.25, 0.3) is 0 Å². The van der Waals surface area contributed by atoms with E-state index in [1.54, 1.807) is 0 Å². The third kappa shape index (κ3) is 4.00. The molecule has 18 heavy (non-hydrogen) atoms. The van der Waals surface area contributed by atoms with Crippen molar-refractivity contribution in [3.8, 4) is 6.07 Å². The number of aromatic nitrogens is 2. The number of nitrogens with zero attached hydrogens (tertiary/aromatic N) is 3. The van der Waals surface area contributed by atoms with Gasteiger partial charge in [0, 0.05) is 6.26 Å². The minimum absolute atomic E-state index is 0.0413. The molecule has 1 aromatic heterocycles. The van der Waals surface area contributed by atoms with Crippen LogP contribution in [0.4, 0.5) is 0 Å². The van der Waals surface area contributed by atoms with E-state index in [0.717, 1.165) is 6.26 Å². The molecule has 0 saturated carbocycles. The van der Waals surface area contributed by atoms with Crippen LogP contribution in [-0.4, -0.2) is 30.2 Å². The molecule has 7 heteroatoms. The standard InChI is InChI=1S/C11H16ClN3O2S/c1-8(2)6-10-9(7-13)11(12)15(14-10)4-5-18(3,16)17/h8H,4-6H2,1-3H3. The third-order valence-corrected chi connectivity index (χ3v) is 3.66. The smallest absolute Gasteiger partial charge is 0.149 e. The Balaban J connectivity index is 3.01. The summed E-state index contributed by atoms with van der Waals surface area (Å²) in [5.74, 6) is 0.312. The number of aryl methyl sites for hydroxylation is 1. The highest BCUT2D eigenvalue weighted by atomic mass is 35.5. The van der Waals surface area contributed by atoms with Gasteiger partial charge in [-0.2, -0.15) is 10.4 Å². The maximum atomic E-state index is 11.1. The molecule has 0 amide bonds. The first-order chi connectivity index (χ1) is 8.24. The Kier molecular flexibility index (Phi) is 4.77. The van der Waals surface area contributed by atoms with Crippen molar-refractivity contribution in [3.05, 3.63) is 16.4 Å². The second kappa shape index (κ2) is 5.72. The average molecular weight is 290 g/mol. The van der Waals surface area contributed by atoms with Gasteiger partial charge in [0.2, 0.25) is 0 Å². The van der Waals surface area contributed by atoms with Gasteiger partial charge >= 0.3 is 0 Å². The monoisotopic (exact) mass is 289 g/mol. The van der Waals surface area contributed by atoms with Gasteiger partial charge in [-0.05, 0) is 12.3 Å². The largest absolute Gasteiger partial charge is 0.251 e. The van der Waals surface area contributed by atoms with Gasteiger partial charge in [0.1, 0.15) is 26.6 Å². The van der Waals surface area contributed by atoms with Crippen LogP contribution in [-0.2, 0) is 22.8 Å². The maximum Gasteiger partial charge on any atom is 0.149 e. The van der Waals surface area contributed by atoms with E-state index in [-0.39, 0.29) is 17.5 Å². The molecular weight excluding hydrogens is 274 g/mol. The van der Waals surface area contributed by atoms with E-state index in [4.69, 9.17) is 16.9 Å². The Labute approximate surface area is 112 Å². The summed E-state index contributed by atoms with van der Waals surface area (Å²) in [6.45, 7) is 4.21. The fraction of sp³-hybridized carbons (Fsp3) is 0.636. The third-order valence-electron chi connectivity index (χ3n) is 2.35. The van der Waals surface area contributed by atoms with Crippen molar-refractivity contribution in [1.82, 2.24) is 9.78 Å². The predicted molar refractivity (Wildman–Crippen MR) is 70.2 cm³/mol. The predicted octanol–water partition coefficient (Wildman–Crippen LogP) is 1.65. The van der Waals surface area contributed by atoms with Crippen molar-refractivity contribution in [3.63, 3.8) is 0 Å². The lowest BCUT2D eigenvalue weighted by atomic mass is 10.1. The first-order valence-electron chi connectivity index (χ1n) is 5.57. The van der Waals surface area contributed by atoms with E-state index < -0.39 is 9.84 Å². The van der Waals surface area contributed by atoms with Crippen molar-refractivity contribution < 1.29 is 8.42 Å². The fourth-order valence-electron chi connectivity index (χ4n) is 1.53. The molecule has 1 rings (SSSR count). The lowest BCUT2D eigenvalue weighted by molar-refractivity contribution is 0.577. The molecule has 5 nitrogen and oxygen atoms in total. The zero-order chi connectivity index (χ0) is 13.9. The van der Waals surface area contributed by atoms with Gasteiger partial charge in [0.25, 0.3) is 0 Å². The number of sulfone groups is 1. The first-order valence-corrected chi connectivity index (χ1v) is 8.01. The lowest BCUT2D eigenvalue weighted by Gasteiger charge is -2.02. The molecule has 0 N–H and O–H groups in total. The molecule has 0 fully saturated rings. The molecule has 0 atom stereocenters. The van der Waals surface area contributed by atoms with Crippen LogP contribution in [0.2, 0.25) is 5.15 Å². The van der Waals surface area contributed by atoms with E-state index in [2.05, 4.69) is 5.10 Å². The number of nitriles is 1. The van der Waals surface area contributed by atoms with Gasteiger partial charge in [-0.15, -0.1) is 0 Å². The Hall–Kier alpha value is -1.06. The van der Waals surface area contributed by atoms with Crippen LogP contribution in [0.15, 0.2) is 0 Å². The number of rotatable bonds is 5. The Morgan fingerprint density at radius 1 is 1.50 bits per heavy atom. The van der Waals surface area contributed by atoms with Crippen LogP contribution in [0.1, 0.15) is 25.1 Å². The molecule has 0 unspecified atom stereocenters. The van der Waals surface area contributed by atoms with Crippen molar-refractivity contribution >= 4 is 21.4 Å². The molecule has 0 aliphatic carbocycles. The highest BCUT2D eigenvalue weighted by Gasteiger charge is 2.17. The Bertz CT molecular complexity index is 570. The second-order valence-corrected chi connectivity index (χ2v) is 7.29. The van der Waals surface area contributed by atoms with Crippen LogP contribution < -0.4 is 0 Å². The normalized spacial score (nSPS) is 11.8. The SMILES string of the molecule is CC(C)Cc1nn(CCS(C)(=O)=O)c(Cl)c1C#N. The summed E-state index contributed by atoms with van der Waals surface area (Å²) in [6.07, 6.45) is 1.80. The van der Waals surface area contributed by atoms with Crippen molar-refractivity contribution in [2.45, 2.75) is 26.8 Å². The van der Waals surface area contributed by atoms with Gasteiger partial charge in [0.15, 0.2) is 0 Å². The average Bonchev–Trinajstić information content (AvgIpc) is 2.50. The quantitative estimate of drug-likeness (QED) is 0.826. The summed E-state index contributed by atoms with van der Waals surface area (Å²) in [5, 5.41) is 13.5. The van der Waals surface area contributed by atoms with E-state index in [9.17, 15) is 8.42 Å². The van der Waals surface area contributed by atoms with Crippen LogP contribution in [0.5, 0.6) is 0 Å². The molecule has 0 bridgehead atoms. The summed E-state index contributed by atoms with van der Waals surface area (Å²) in [6, 6.07) is 2.02. The summed E-state index contributed by atoms with van der Waals surface area (Å²) in [4.78, 5) is 0. The molecular formula is C11H16ClN3O2S. The molecule has 0 spiro atoms. The van der Waals surface area contributed by atoms with Gasteiger partial charge in [-0.25, -0.2) is 8.42 Å². The Morgan fingerprint density at radius 2 is 2.11 bits per heavy atom. The Morgan fingerprint density at radius 3 is 2.56 bits per heavy atom. The zero-order valence-electron chi connectivity index (χ0n) is 10.6. The highest BCUT2D eigenvalue weighted by molar-refractivity contribution is 7.90. The van der Waals surface area contributed by atoms with Crippen molar-refractivity contribution in [2.24, 2.45) is 5.92 Å². The van der Waals surface area contributed by atoms with Gasteiger partial charge in [-0.3, -0.25) is 4.68 Å². The number of halogens is 1. The summed E-state index contributed by atoms with van der Waals surface area (Å²) >= 11 is 6.03. The van der Waals surface area contributed by atoms with Crippen LogP contribution in [0.3, 0.4) is 0 Å². The molecule has 0 aliphatic heterocycles. The minimum atomic E-state index is -3.07. The molecule has 0 aliphatic rings. The summed E-state index contributed by atoms with van der Waals surface area (Å²) < 4.78 is 23.6. The summed E-state index contributed by atoms with van der Waals surface area (Å²) in [7, 11) is -3.07. The highest BCUT2D eigenvalue weighted by Crippen LogP contribution is 2.21. The molecule has 0 saturated heterocycles. The van der Waals surface area contributed by atoms with Gasteiger partial charge < -0.3 is 0 Å². The van der Waals surface area contributed by atoms with E-state index >= 15 is 0 Å².